The summed E-state index contributed by atoms with van der Waals surface area (Å²) >= 11 is 5.78. The Morgan fingerprint density at radius 3 is 2.68 bits per heavy atom. The van der Waals surface area contributed by atoms with E-state index in [0.717, 1.165) is 0 Å². The van der Waals surface area contributed by atoms with Crippen molar-refractivity contribution in [2.24, 2.45) is 0 Å². The number of carbonyl (C=O) groups excluding carboxylic acids is 2. The van der Waals surface area contributed by atoms with Gasteiger partial charge in [0, 0.05) is 16.8 Å². The SMILES string of the molecule is COc1cc(/C=C/C(=O)OCC(=O)Nc2ccc(Cl)cc2)cc2c1OCCO2. The zero-order chi connectivity index (χ0) is 19.9. The van der Waals surface area contributed by atoms with E-state index < -0.39 is 18.5 Å². The third kappa shape index (κ3) is 5.17. The highest BCUT2D eigenvalue weighted by molar-refractivity contribution is 6.30. The summed E-state index contributed by atoms with van der Waals surface area (Å²) in [5.41, 5.74) is 1.23. The predicted molar refractivity (Wildman–Crippen MR) is 104 cm³/mol. The van der Waals surface area contributed by atoms with E-state index in [1.807, 2.05) is 0 Å². The van der Waals surface area contributed by atoms with Crippen LogP contribution in [0.3, 0.4) is 0 Å². The molecule has 1 heterocycles. The Bertz CT molecular complexity index is 877. The highest BCUT2D eigenvalue weighted by Crippen LogP contribution is 2.40. The molecule has 1 aliphatic rings. The maximum absolute atomic E-state index is 11.9. The Morgan fingerprint density at radius 2 is 1.93 bits per heavy atom. The topological polar surface area (TPSA) is 83.1 Å². The Morgan fingerprint density at radius 1 is 1.18 bits per heavy atom. The van der Waals surface area contributed by atoms with Crippen molar-refractivity contribution in [2.75, 3.05) is 32.2 Å². The number of rotatable bonds is 6. The second-order valence-electron chi connectivity index (χ2n) is 5.74. The number of carbonyl (C=O) groups is 2. The maximum Gasteiger partial charge on any atom is 0.331 e. The van der Waals surface area contributed by atoms with Gasteiger partial charge in [0.2, 0.25) is 5.75 Å². The van der Waals surface area contributed by atoms with Crippen LogP contribution in [0.15, 0.2) is 42.5 Å². The van der Waals surface area contributed by atoms with Crippen LogP contribution in [0.5, 0.6) is 17.2 Å². The van der Waals surface area contributed by atoms with Crippen LogP contribution in [0, 0.1) is 0 Å². The quantitative estimate of drug-likeness (QED) is 0.588. The summed E-state index contributed by atoms with van der Waals surface area (Å²) < 4.78 is 21.3. The van der Waals surface area contributed by atoms with Gasteiger partial charge in [-0.1, -0.05) is 11.6 Å². The number of anilines is 1. The minimum Gasteiger partial charge on any atom is -0.493 e. The number of hydrogen-bond donors (Lipinski definition) is 1. The molecule has 0 radical (unpaired) electrons. The Labute approximate surface area is 166 Å². The molecule has 2 aromatic rings. The third-order valence-corrected chi connectivity index (χ3v) is 3.99. The first-order chi connectivity index (χ1) is 13.5. The summed E-state index contributed by atoms with van der Waals surface area (Å²) in [5, 5.41) is 3.16. The van der Waals surface area contributed by atoms with Crippen LogP contribution in [0.25, 0.3) is 6.08 Å². The van der Waals surface area contributed by atoms with Gasteiger partial charge >= 0.3 is 5.97 Å². The van der Waals surface area contributed by atoms with E-state index in [2.05, 4.69) is 5.32 Å². The van der Waals surface area contributed by atoms with Crippen molar-refractivity contribution < 1.29 is 28.5 Å². The minimum absolute atomic E-state index is 0.406. The molecule has 28 heavy (non-hydrogen) atoms. The van der Waals surface area contributed by atoms with Crippen molar-refractivity contribution in [3.05, 3.63) is 53.1 Å². The second-order valence-corrected chi connectivity index (χ2v) is 6.18. The molecule has 0 bridgehead atoms. The van der Waals surface area contributed by atoms with Crippen LogP contribution >= 0.6 is 11.6 Å². The number of esters is 1. The first-order valence-corrected chi connectivity index (χ1v) is 8.81. The van der Waals surface area contributed by atoms with Crippen LogP contribution < -0.4 is 19.5 Å². The molecular formula is C20H18ClNO6. The Balaban J connectivity index is 1.55. The molecule has 0 spiro atoms. The predicted octanol–water partition coefficient (Wildman–Crippen LogP) is 3.31. The fourth-order valence-corrected chi connectivity index (χ4v) is 2.59. The molecule has 0 saturated carbocycles. The molecule has 7 nitrogen and oxygen atoms in total. The van der Waals surface area contributed by atoms with Crippen LogP contribution in [0.1, 0.15) is 5.56 Å². The van der Waals surface area contributed by atoms with Crippen molar-refractivity contribution in [3.63, 3.8) is 0 Å². The number of halogens is 1. The zero-order valence-corrected chi connectivity index (χ0v) is 15.8. The average molecular weight is 404 g/mol. The van der Waals surface area contributed by atoms with Gasteiger partial charge in [0.15, 0.2) is 18.1 Å². The van der Waals surface area contributed by atoms with Gasteiger partial charge in [-0.15, -0.1) is 0 Å². The van der Waals surface area contributed by atoms with Crippen molar-refractivity contribution in [3.8, 4) is 17.2 Å². The van der Waals surface area contributed by atoms with E-state index in [1.165, 1.54) is 13.2 Å². The van der Waals surface area contributed by atoms with E-state index in [0.29, 0.717) is 46.7 Å². The molecular weight excluding hydrogens is 386 g/mol. The third-order valence-electron chi connectivity index (χ3n) is 3.74. The summed E-state index contributed by atoms with van der Waals surface area (Å²) in [7, 11) is 1.52. The summed E-state index contributed by atoms with van der Waals surface area (Å²) in [4.78, 5) is 23.7. The molecule has 8 heteroatoms. The molecule has 0 atom stereocenters. The van der Waals surface area contributed by atoms with E-state index in [4.69, 9.17) is 30.5 Å². The van der Waals surface area contributed by atoms with Crippen LogP contribution in [-0.4, -0.2) is 38.8 Å². The van der Waals surface area contributed by atoms with Crippen molar-refractivity contribution in [1.29, 1.82) is 0 Å². The minimum atomic E-state index is -0.653. The Hall–Kier alpha value is -3.19. The molecule has 3 rings (SSSR count). The first kappa shape index (κ1) is 19.6. The summed E-state index contributed by atoms with van der Waals surface area (Å²) in [5.74, 6) is 0.478. The Kier molecular flexibility index (Phi) is 6.39. The molecule has 0 aromatic heterocycles. The van der Waals surface area contributed by atoms with Crippen molar-refractivity contribution >= 4 is 35.2 Å². The highest BCUT2D eigenvalue weighted by atomic mass is 35.5. The lowest BCUT2D eigenvalue weighted by molar-refractivity contribution is -0.142. The number of hydrogen-bond acceptors (Lipinski definition) is 6. The second kappa shape index (κ2) is 9.14. The molecule has 1 N–H and O–H groups in total. The van der Waals surface area contributed by atoms with Gasteiger partial charge in [-0.3, -0.25) is 4.79 Å². The van der Waals surface area contributed by atoms with E-state index >= 15 is 0 Å². The molecule has 2 aromatic carbocycles. The van der Waals surface area contributed by atoms with Crippen LogP contribution in [0.2, 0.25) is 5.02 Å². The molecule has 1 aliphatic heterocycles. The smallest absolute Gasteiger partial charge is 0.331 e. The number of benzene rings is 2. The van der Waals surface area contributed by atoms with E-state index in [1.54, 1.807) is 42.5 Å². The number of nitrogens with one attached hydrogen (secondary N) is 1. The van der Waals surface area contributed by atoms with E-state index in [-0.39, 0.29) is 0 Å². The van der Waals surface area contributed by atoms with Crippen LogP contribution in [-0.2, 0) is 14.3 Å². The monoisotopic (exact) mass is 403 g/mol. The standard InChI is InChI=1S/C20H18ClNO6/c1-25-16-10-13(11-17-20(16)27-9-8-26-17)2-7-19(24)28-12-18(23)22-15-5-3-14(21)4-6-15/h2-7,10-11H,8-9,12H2,1H3,(H,22,23)/b7-2+. The molecule has 0 unspecified atom stereocenters. The molecule has 0 aliphatic carbocycles. The van der Waals surface area contributed by atoms with Gasteiger partial charge < -0.3 is 24.3 Å². The van der Waals surface area contributed by atoms with Crippen molar-refractivity contribution in [1.82, 2.24) is 0 Å². The largest absolute Gasteiger partial charge is 0.493 e. The van der Waals surface area contributed by atoms with Crippen molar-refractivity contribution in [2.45, 2.75) is 0 Å². The fourth-order valence-electron chi connectivity index (χ4n) is 2.47. The molecule has 1 amide bonds. The molecule has 0 saturated heterocycles. The fraction of sp³-hybridized carbons (Fsp3) is 0.200. The lowest BCUT2D eigenvalue weighted by Crippen LogP contribution is -2.20. The summed E-state index contributed by atoms with van der Waals surface area (Å²) in [6, 6.07) is 10.0. The van der Waals surface area contributed by atoms with Gasteiger partial charge in [0.05, 0.1) is 7.11 Å². The lowest BCUT2D eigenvalue weighted by atomic mass is 10.1. The number of amides is 1. The summed E-state index contributed by atoms with van der Waals surface area (Å²) in [6.45, 7) is 0.479. The van der Waals surface area contributed by atoms with Gasteiger partial charge in [-0.25, -0.2) is 4.79 Å². The zero-order valence-electron chi connectivity index (χ0n) is 15.1. The number of methoxy groups -OCH3 is 1. The van der Waals surface area contributed by atoms with Gasteiger partial charge in [0.1, 0.15) is 13.2 Å². The lowest BCUT2D eigenvalue weighted by Gasteiger charge is -2.20. The molecule has 0 fully saturated rings. The number of fused-ring (bicyclic) bond motifs is 1. The van der Waals surface area contributed by atoms with Gasteiger partial charge in [-0.05, 0) is 48.0 Å². The maximum atomic E-state index is 11.9. The van der Waals surface area contributed by atoms with Gasteiger partial charge in [-0.2, -0.15) is 0 Å². The summed E-state index contributed by atoms with van der Waals surface area (Å²) in [6.07, 6.45) is 2.76. The van der Waals surface area contributed by atoms with Crippen LogP contribution in [0.4, 0.5) is 5.69 Å². The average Bonchev–Trinajstić information content (AvgIpc) is 2.71. The number of ether oxygens (including phenoxy) is 4. The van der Waals surface area contributed by atoms with E-state index in [9.17, 15) is 9.59 Å². The normalized spacial score (nSPS) is 12.5. The first-order valence-electron chi connectivity index (χ1n) is 8.43. The molecule has 146 valence electrons. The van der Waals surface area contributed by atoms with Gasteiger partial charge in [0.25, 0.3) is 5.91 Å². The highest BCUT2D eigenvalue weighted by Gasteiger charge is 2.17.